The number of ether oxygens (including phenoxy) is 1. The van der Waals surface area contributed by atoms with E-state index in [1.165, 1.54) is 24.8 Å². The predicted octanol–water partition coefficient (Wildman–Crippen LogP) is 2.48. The van der Waals surface area contributed by atoms with E-state index in [4.69, 9.17) is 4.74 Å². The van der Waals surface area contributed by atoms with E-state index in [1.54, 1.807) is 13.2 Å². The van der Waals surface area contributed by atoms with Crippen LogP contribution < -0.4 is 10.1 Å². The minimum Gasteiger partial charge on any atom is -0.504 e. The second-order valence-electron chi connectivity index (χ2n) is 4.69. The van der Waals surface area contributed by atoms with Crippen LogP contribution in [0.25, 0.3) is 0 Å². The molecule has 2 N–H and O–H groups in total. The highest BCUT2D eigenvalue weighted by atomic mass is 16.5. The fraction of sp³-hybridized carbons (Fsp3) is 0.571. The molecule has 1 aromatic carbocycles. The third-order valence-electron chi connectivity index (χ3n) is 3.44. The lowest BCUT2D eigenvalue weighted by Crippen LogP contribution is -2.34. The second kappa shape index (κ2) is 5.92. The molecule has 94 valence electrons. The maximum Gasteiger partial charge on any atom is 0.160 e. The Kier molecular flexibility index (Phi) is 4.26. The minimum atomic E-state index is 0.215. The van der Waals surface area contributed by atoms with Crippen molar-refractivity contribution in [2.75, 3.05) is 13.7 Å². The molecule has 1 aliphatic rings. The van der Waals surface area contributed by atoms with Gasteiger partial charge in [0.05, 0.1) is 7.11 Å². The third-order valence-corrected chi connectivity index (χ3v) is 3.44. The maximum atomic E-state index is 9.51. The van der Waals surface area contributed by atoms with Crippen molar-refractivity contribution in [3.8, 4) is 11.5 Å². The van der Waals surface area contributed by atoms with E-state index in [0.29, 0.717) is 11.8 Å². The smallest absolute Gasteiger partial charge is 0.160 e. The molecule has 1 fully saturated rings. The first kappa shape index (κ1) is 12.2. The number of nitrogens with one attached hydrogen (secondary N) is 1. The Bertz CT molecular complexity index is 359. The van der Waals surface area contributed by atoms with Gasteiger partial charge in [-0.25, -0.2) is 0 Å². The van der Waals surface area contributed by atoms with Crippen LogP contribution in [0.15, 0.2) is 18.2 Å². The molecular formula is C14H21NO2. The summed E-state index contributed by atoms with van der Waals surface area (Å²) in [6, 6.07) is 6.27. The van der Waals surface area contributed by atoms with Gasteiger partial charge in [0.1, 0.15) is 0 Å². The molecule has 0 radical (unpaired) electrons. The largest absolute Gasteiger partial charge is 0.504 e. The summed E-state index contributed by atoms with van der Waals surface area (Å²) in [5.41, 5.74) is 1.23. The van der Waals surface area contributed by atoms with Crippen LogP contribution in [0.4, 0.5) is 0 Å². The van der Waals surface area contributed by atoms with Crippen LogP contribution in [0, 0.1) is 0 Å². The van der Waals surface area contributed by atoms with Crippen molar-refractivity contribution in [2.45, 2.75) is 38.1 Å². The minimum absolute atomic E-state index is 0.215. The zero-order valence-electron chi connectivity index (χ0n) is 10.4. The summed E-state index contributed by atoms with van der Waals surface area (Å²) in [7, 11) is 1.58. The Balaban J connectivity index is 1.89. The average Bonchev–Trinajstić information content (AvgIpc) is 2.39. The summed E-state index contributed by atoms with van der Waals surface area (Å²) in [6.07, 6.45) is 6.14. The number of aryl methyl sites for hydroxylation is 1. The van der Waals surface area contributed by atoms with Gasteiger partial charge in [-0.05, 0) is 49.9 Å². The number of phenols is 1. The molecule has 0 saturated carbocycles. The topological polar surface area (TPSA) is 41.5 Å². The summed E-state index contributed by atoms with van der Waals surface area (Å²) < 4.78 is 5.11. The van der Waals surface area contributed by atoms with Gasteiger partial charge in [0.25, 0.3) is 0 Å². The molecule has 3 nitrogen and oxygen atoms in total. The van der Waals surface area contributed by atoms with E-state index in [0.717, 1.165) is 19.4 Å². The van der Waals surface area contributed by atoms with Crippen LogP contribution in [-0.4, -0.2) is 24.8 Å². The highest BCUT2D eigenvalue weighted by molar-refractivity contribution is 5.41. The zero-order chi connectivity index (χ0) is 12.1. The Morgan fingerprint density at radius 1 is 1.41 bits per heavy atom. The van der Waals surface area contributed by atoms with Gasteiger partial charge in [0, 0.05) is 6.04 Å². The Morgan fingerprint density at radius 2 is 2.29 bits per heavy atom. The van der Waals surface area contributed by atoms with Crippen LogP contribution in [0.3, 0.4) is 0 Å². The Morgan fingerprint density at radius 3 is 3.00 bits per heavy atom. The summed E-state index contributed by atoms with van der Waals surface area (Å²) in [6.45, 7) is 1.16. The van der Waals surface area contributed by atoms with Crippen molar-refractivity contribution in [1.29, 1.82) is 0 Å². The molecule has 1 unspecified atom stereocenters. The molecule has 17 heavy (non-hydrogen) atoms. The fourth-order valence-corrected chi connectivity index (χ4v) is 2.39. The molecule has 1 heterocycles. The molecule has 0 aliphatic carbocycles. The van der Waals surface area contributed by atoms with Crippen molar-refractivity contribution in [3.63, 3.8) is 0 Å². The summed E-state index contributed by atoms with van der Waals surface area (Å²) >= 11 is 0. The lowest BCUT2D eigenvalue weighted by molar-refractivity contribution is 0.371. The summed E-state index contributed by atoms with van der Waals surface area (Å²) in [4.78, 5) is 0. The predicted molar refractivity (Wildman–Crippen MR) is 68.6 cm³/mol. The summed E-state index contributed by atoms with van der Waals surface area (Å²) in [5.74, 6) is 0.783. The molecular weight excluding hydrogens is 214 g/mol. The van der Waals surface area contributed by atoms with Gasteiger partial charge in [-0.3, -0.25) is 0 Å². The van der Waals surface area contributed by atoms with E-state index < -0.39 is 0 Å². The van der Waals surface area contributed by atoms with Crippen molar-refractivity contribution in [3.05, 3.63) is 23.8 Å². The zero-order valence-corrected chi connectivity index (χ0v) is 10.4. The number of methoxy groups -OCH3 is 1. The standard InChI is InChI=1S/C14H21NO2/c1-17-14-10-11(6-8-13(14)16)5-7-12-4-2-3-9-15-12/h6,8,10,12,15-16H,2-5,7,9H2,1H3. The number of rotatable bonds is 4. The monoisotopic (exact) mass is 235 g/mol. The van der Waals surface area contributed by atoms with Crippen molar-refractivity contribution in [2.24, 2.45) is 0 Å². The lowest BCUT2D eigenvalue weighted by atomic mass is 9.98. The highest BCUT2D eigenvalue weighted by Gasteiger charge is 2.12. The molecule has 1 atom stereocenters. The normalized spacial score (nSPS) is 20.2. The average molecular weight is 235 g/mol. The van der Waals surface area contributed by atoms with Gasteiger partial charge in [0.15, 0.2) is 11.5 Å². The lowest BCUT2D eigenvalue weighted by Gasteiger charge is -2.23. The van der Waals surface area contributed by atoms with Crippen LogP contribution in [0.5, 0.6) is 11.5 Å². The molecule has 1 aliphatic heterocycles. The molecule has 1 aromatic rings. The number of hydrogen-bond acceptors (Lipinski definition) is 3. The van der Waals surface area contributed by atoms with E-state index in [9.17, 15) is 5.11 Å². The Hall–Kier alpha value is -1.22. The van der Waals surface area contributed by atoms with Gasteiger partial charge < -0.3 is 15.2 Å². The molecule has 0 aromatic heterocycles. The van der Waals surface area contributed by atoms with Crippen LogP contribution in [-0.2, 0) is 6.42 Å². The first-order valence-electron chi connectivity index (χ1n) is 6.39. The molecule has 1 saturated heterocycles. The third kappa shape index (κ3) is 3.37. The molecule has 0 bridgehead atoms. The molecule has 0 amide bonds. The van der Waals surface area contributed by atoms with Crippen molar-refractivity contribution < 1.29 is 9.84 Å². The number of aromatic hydroxyl groups is 1. The number of hydrogen-bond donors (Lipinski definition) is 2. The molecule has 0 spiro atoms. The van der Waals surface area contributed by atoms with Crippen molar-refractivity contribution in [1.82, 2.24) is 5.32 Å². The van der Waals surface area contributed by atoms with Gasteiger partial charge in [0.2, 0.25) is 0 Å². The highest BCUT2D eigenvalue weighted by Crippen LogP contribution is 2.27. The maximum absolute atomic E-state index is 9.51. The Labute approximate surface area is 103 Å². The van der Waals surface area contributed by atoms with E-state index in [2.05, 4.69) is 5.32 Å². The molecule has 3 heteroatoms. The van der Waals surface area contributed by atoms with Crippen LogP contribution >= 0.6 is 0 Å². The van der Waals surface area contributed by atoms with Crippen LogP contribution in [0.2, 0.25) is 0 Å². The van der Waals surface area contributed by atoms with Gasteiger partial charge in [-0.2, -0.15) is 0 Å². The first-order valence-corrected chi connectivity index (χ1v) is 6.39. The van der Waals surface area contributed by atoms with E-state index in [1.807, 2.05) is 12.1 Å². The number of piperidine rings is 1. The van der Waals surface area contributed by atoms with Gasteiger partial charge in [-0.1, -0.05) is 12.5 Å². The fourth-order valence-electron chi connectivity index (χ4n) is 2.39. The van der Waals surface area contributed by atoms with E-state index >= 15 is 0 Å². The summed E-state index contributed by atoms with van der Waals surface area (Å²) in [5, 5.41) is 13.1. The SMILES string of the molecule is COc1cc(CCC2CCCCN2)ccc1O. The van der Waals surface area contributed by atoms with Crippen LogP contribution in [0.1, 0.15) is 31.2 Å². The van der Waals surface area contributed by atoms with Gasteiger partial charge in [-0.15, -0.1) is 0 Å². The number of phenolic OH excluding ortho intramolecular Hbond substituents is 1. The van der Waals surface area contributed by atoms with Gasteiger partial charge >= 0.3 is 0 Å². The second-order valence-corrected chi connectivity index (χ2v) is 4.69. The van der Waals surface area contributed by atoms with Crippen molar-refractivity contribution >= 4 is 0 Å². The quantitative estimate of drug-likeness (QED) is 0.842. The van der Waals surface area contributed by atoms with E-state index in [-0.39, 0.29) is 5.75 Å². The number of benzene rings is 1. The first-order chi connectivity index (χ1) is 8.29. The molecule has 2 rings (SSSR count).